The zero-order valence-corrected chi connectivity index (χ0v) is 66.3. The molecule has 12 nitrogen and oxygen atoms in total. The lowest BCUT2D eigenvalue weighted by atomic mass is 9.78. The summed E-state index contributed by atoms with van der Waals surface area (Å²) in [7, 11) is 7.19. The van der Waals surface area contributed by atoms with Crippen LogP contribution in [0, 0.1) is 27.7 Å². The Hall–Kier alpha value is -12.3. The van der Waals surface area contributed by atoms with E-state index in [0.717, 1.165) is 128 Å². The van der Waals surface area contributed by atoms with Gasteiger partial charge in [-0.1, -0.05) is 201 Å². The zero-order chi connectivity index (χ0) is 79.6. The molecule has 12 heteroatoms. The number of Topliss-reactive ketones (excluding diaryl/α,β-unsaturated/α-hetero) is 4. The van der Waals surface area contributed by atoms with Crippen molar-refractivity contribution in [2.75, 3.05) is 0 Å². The van der Waals surface area contributed by atoms with Gasteiger partial charge in [-0.05, 0) is 230 Å². The number of hydrogen-bond donors (Lipinski definition) is 0. The highest BCUT2D eigenvalue weighted by molar-refractivity contribution is 5.90. The van der Waals surface area contributed by atoms with Gasteiger partial charge in [0.25, 0.3) is 22.2 Å². The van der Waals surface area contributed by atoms with Gasteiger partial charge in [0, 0.05) is 133 Å². The van der Waals surface area contributed by atoms with Crippen molar-refractivity contribution in [1.29, 1.82) is 0 Å². The van der Waals surface area contributed by atoms with Crippen molar-refractivity contribution in [3.8, 4) is 44.5 Å². The normalized spacial score (nSPS) is 13.8. The Labute approximate surface area is 662 Å². The van der Waals surface area contributed by atoms with Gasteiger partial charge in [-0.2, -0.15) is 0 Å². The van der Waals surface area contributed by atoms with Crippen LogP contribution in [0.15, 0.2) is 244 Å². The van der Waals surface area contributed by atoms with Gasteiger partial charge in [-0.3, -0.25) is 38.4 Å². The molecule has 113 heavy (non-hydrogen) atoms. The van der Waals surface area contributed by atoms with Crippen LogP contribution in [0.2, 0.25) is 0 Å². The molecule has 4 aromatic heterocycles. The van der Waals surface area contributed by atoms with Crippen molar-refractivity contribution in [3.63, 3.8) is 0 Å². The summed E-state index contributed by atoms with van der Waals surface area (Å²) in [5, 5.41) is 0. The second-order valence-electron chi connectivity index (χ2n) is 30.9. The summed E-state index contributed by atoms with van der Waals surface area (Å²) in [5.41, 5.74) is 31.4. The maximum Gasteiger partial charge on any atom is 0.253 e. The molecule has 4 heterocycles. The van der Waals surface area contributed by atoms with Crippen molar-refractivity contribution in [1.82, 2.24) is 18.3 Å². The fraction of sp³-hybridized carbons (Fsp3) is 0.248. The molecule has 0 aliphatic heterocycles. The van der Waals surface area contributed by atoms with Crippen LogP contribution in [0.25, 0.3) is 62.7 Å². The van der Waals surface area contributed by atoms with E-state index >= 15 is 0 Å². The molecule has 4 aliphatic rings. The van der Waals surface area contributed by atoms with E-state index in [0.29, 0.717) is 74.5 Å². The van der Waals surface area contributed by atoms with Crippen molar-refractivity contribution in [3.05, 3.63) is 378 Å². The maximum atomic E-state index is 12.2. The number of benzene rings is 8. The van der Waals surface area contributed by atoms with E-state index in [1.807, 2.05) is 125 Å². The Balaban J connectivity index is 0.000000132. The van der Waals surface area contributed by atoms with Gasteiger partial charge in [0.2, 0.25) is 0 Å². The molecule has 0 saturated carbocycles. The SMILES string of the molecule is Cc1cc(-c2cc(C/C=C/c3ccccc3)c3c(c2)CCC(=O)C3)cn(C)c1=O.Cc1cc(-c2ccc3c(c2/C=C/c2ccccc2)CCC(=O)C3)cn(C)c1=O.Cc1cc(-c2ccc3c(c2C(C)c2ccccc2)CCC(=O)C3)cn(C)c1=O.Cc1cc(-c2ccc3c(c2CCc2ccccc2)CCC(=O)C3)cn(C)c1=O. The molecule has 0 saturated heterocycles. The summed E-state index contributed by atoms with van der Waals surface area (Å²) in [4.78, 5) is 96.6. The summed E-state index contributed by atoms with van der Waals surface area (Å²) in [6.07, 6.45) is 26.6. The molecule has 16 rings (SSSR count). The minimum Gasteiger partial charge on any atom is -0.318 e. The van der Waals surface area contributed by atoms with E-state index in [1.165, 1.54) is 72.3 Å². The third-order valence-electron chi connectivity index (χ3n) is 22.7. The van der Waals surface area contributed by atoms with Gasteiger partial charge in [-0.25, -0.2) is 0 Å². The van der Waals surface area contributed by atoms with Crippen LogP contribution in [-0.2, 0) is 118 Å². The van der Waals surface area contributed by atoms with Crippen molar-refractivity contribution in [2.24, 2.45) is 28.2 Å². The fourth-order valence-corrected chi connectivity index (χ4v) is 16.7. The highest BCUT2D eigenvalue weighted by Gasteiger charge is 2.28. The second-order valence-corrected chi connectivity index (χ2v) is 30.9. The minimum atomic E-state index is 0.0219. The van der Waals surface area contributed by atoms with Gasteiger partial charge in [0.15, 0.2) is 0 Å². The summed E-state index contributed by atoms with van der Waals surface area (Å²) in [6.45, 7) is 9.67. The molecule has 0 radical (unpaired) electrons. The van der Waals surface area contributed by atoms with Crippen LogP contribution >= 0.6 is 0 Å². The molecule has 0 N–H and O–H groups in total. The number of hydrogen-bond acceptors (Lipinski definition) is 8. The third kappa shape index (κ3) is 18.5. The van der Waals surface area contributed by atoms with E-state index in [1.54, 1.807) is 46.5 Å². The fourth-order valence-electron chi connectivity index (χ4n) is 16.7. The van der Waals surface area contributed by atoms with Crippen LogP contribution in [-0.4, -0.2) is 41.4 Å². The first kappa shape index (κ1) is 78.8. The first-order valence-electron chi connectivity index (χ1n) is 39.4. The molecule has 4 aliphatic carbocycles. The maximum absolute atomic E-state index is 12.2. The van der Waals surface area contributed by atoms with Gasteiger partial charge in [0.05, 0.1) is 0 Å². The Bertz CT molecular complexity index is 5850. The summed E-state index contributed by atoms with van der Waals surface area (Å²) in [6, 6.07) is 66.4. The summed E-state index contributed by atoms with van der Waals surface area (Å²) >= 11 is 0. The van der Waals surface area contributed by atoms with Crippen molar-refractivity contribution >= 4 is 41.4 Å². The topological polar surface area (TPSA) is 156 Å². The number of fused-ring (bicyclic) bond motifs is 4. The second kappa shape index (κ2) is 35.4. The van der Waals surface area contributed by atoms with Crippen LogP contribution < -0.4 is 22.2 Å². The monoisotopic (exact) mass is 1490 g/mol. The predicted molar refractivity (Wildman–Crippen MR) is 458 cm³/mol. The van der Waals surface area contributed by atoms with Gasteiger partial charge < -0.3 is 18.3 Å². The number of aromatic nitrogens is 4. The number of carbonyl (C=O) groups is 4. The first-order chi connectivity index (χ1) is 54.5. The molecular weight excluding hydrogens is 1400 g/mol. The molecule has 0 amide bonds. The van der Waals surface area contributed by atoms with Crippen LogP contribution in [0.5, 0.6) is 0 Å². The van der Waals surface area contributed by atoms with Gasteiger partial charge >= 0.3 is 0 Å². The Kier molecular flexibility index (Phi) is 24.7. The number of nitrogens with zero attached hydrogens (tertiary/aromatic N) is 4. The van der Waals surface area contributed by atoms with Gasteiger partial charge in [0.1, 0.15) is 23.1 Å². The summed E-state index contributed by atoms with van der Waals surface area (Å²) < 4.78 is 6.60. The number of pyridine rings is 4. The van der Waals surface area contributed by atoms with Crippen molar-refractivity contribution < 1.29 is 19.2 Å². The average molecular weight is 1500 g/mol. The zero-order valence-electron chi connectivity index (χ0n) is 66.3. The van der Waals surface area contributed by atoms with E-state index in [-0.39, 0.29) is 28.2 Å². The van der Waals surface area contributed by atoms with Crippen LogP contribution in [0.3, 0.4) is 0 Å². The Morgan fingerprint density at radius 1 is 0.345 bits per heavy atom. The molecule has 12 aromatic rings. The van der Waals surface area contributed by atoms with Crippen LogP contribution in [0.4, 0.5) is 0 Å². The van der Waals surface area contributed by atoms with Crippen LogP contribution in [0.1, 0.15) is 150 Å². The minimum absolute atomic E-state index is 0.0219. The van der Waals surface area contributed by atoms with Gasteiger partial charge in [-0.15, -0.1) is 0 Å². The van der Waals surface area contributed by atoms with E-state index < -0.39 is 0 Å². The lowest BCUT2D eigenvalue weighted by Gasteiger charge is -2.26. The number of aryl methyl sites for hydroxylation is 10. The predicted octanol–water partition coefficient (Wildman–Crippen LogP) is 18.0. The molecule has 0 fully saturated rings. The van der Waals surface area contributed by atoms with Crippen molar-refractivity contribution in [2.45, 2.75) is 137 Å². The highest BCUT2D eigenvalue weighted by Crippen LogP contribution is 2.41. The quantitative estimate of drug-likeness (QED) is 0.0974. The molecule has 8 aromatic carbocycles. The molecular formula is C101H98N4O8. The highest BCUT2D eigenvalue weighted by atomic mass is 16.2. The molecule has 570 valence electrons. The van der Waals surface area contributed by atoms with E-state index in [2.05, 4.69) is 153 Å². The number of rotatable bonds is 14. The first-order valence-corrected chi connectivity index (χ1v) is 39.4. The lowest BCUT2D eigenvalue weighted by Crippen LogP contribution is -2.19. The van der Waals surface area contributed by atoms with E-state index in [9.17, 15) is 38.4 Å². The Morgan fingerprint density at radius 2 is 0.761 bits per heavy atom. The summed E-state index contributed by atoms with van der Waals surface area (Å²) in [5.74, 6) is 1.47. The lowest BCUT2D eigenvalue weighted by molar-refractivity contribution is -0.119. The third-order valence-corrected chi connectivity index (χ3v) is 22.7. The molecule has 0 spiro atoms. The molecule has 1 atom stereocenters. The average Bonchev–Trinajstić information content (AvgIpc) is 0.787. The standard InChI is InChI=1S/C26H25NO2.2C25H25NO2.C25H23NO2/c1-18-13-23(17-27(2)26(18)29)22-14-20(10-6-9-19-7-4-3-5-8-19)25-16-24(28)12-11-21(25)15-22;1-16-13-20(15-26(3)25(16)28)23-11-9-19-14-21(27)10-12-22(19)24(23)17(2)18-7-5-4-6-8-18;2*1-17-14-20(16-26(2)25(17)28)23-12-9-19-15-21(27)10-13-22(19)24(23)11-8-18-6-4-3-5-7-18/h3-9,13-15,17H,10-12,16H2,1-2H3;4-9,11,13,15,17H,10,12,14H2,1-3H3;3-7,9,12,14,16H,8,10-11,13,15H2,1-2H3;3-9,11-12,14,16H,10,13,15H2,1-2H3/b9-6+;;;11-8+. The Morgan fingerprint density at radius 3 is 1.30 bits per heavy atom. The smallest absolute Gasteiger partial charge is 0.253 e. The number of ketones is 4. The number of allylic oxidation sites excluding steroid dienone is 1. The van der Waals surface area contributed by atoms with E-state index in [4.69, 9.17) is 0 Å². The molecule has 1 unspecified atom stereocenters. The number of carbonyl (C=O) groups excluding carboxylic acids is 4. The largest absolute Gasteiger partial charge is 0.318 e. The molecule has 0 bridgehead atoms.